The minimum atomic E-state index is -5.03. The SMILES string of the molecule is CC(C)(C)OC(=O)N[C@H]1C[C@H](N=[N+]=[N-])CN(C(=O)C(F)(F)F)C1. The van der Waals surface area contributed by atoms with Gasteiger partial charge in [0, 0.05) is 18.0 Å². The summed E-state index contributed by atoms with van der Waals surface area (Å²) in [4.78, 5) is 26.1. The number of hydrogen-bond donors (Lipinski definition) is 1. The van der Waals surface area contributed by atoms with Crippen molar-refractivity contribution in [2.75, 3.05) is 13.1 Å². The third kappa shape index (κ3) is 6.23. The Hall–Kier alpha value is -2.16. The van der Waals surface area contributed by atoms with Crippen molar-refractivity contribution in [3.63, 3.8) is 0 Å². The highest BCUT2D eigenvalue weighted by molar-refractivity contribution is 5.82. The number of amides is 2. The number of azide groups is 1. The third-order valence-corrected chi connectivity index (χ3v) is 2.89. The molecule has 0 aromatic heterocycles. The Balaban J connectivity index is 2.81. The van der Waals surface area contributed by atoms with Crippen molar-refractivity contribution in [1.82, 2.24) is 10.2 Å². The van der Waals surface area contributed by atoms with Crippen molar-refractivity contribution in [3.05, 3.63) is 10.4 Å². The summed E-state index contributed by atoms with van der Waals surface area (Å²) < 4.78 is 42.7. The Labute approximate surface area is 130 Å². The van der Waals surface area contributed by atoms with Crippen LogP contribution in [-0.2, 0) is 9.53 Å². The molecular weight excluding hydrogens is 319 g/mol. The van der Waals surface area contributed by atoms with Crippen molar-refractivity contribution in [1.29, 1.82) is 0 Å². The van der Waals surface area contributed by atoms with E-state index in [2.05, 4.69) is 15.3 Å². The first kappa shape index (κ1) is 18.9. The number of carbonyl (C=O) groups is 2. The molecule has 0 radical (unpaired) electrons. The molecule has 0 aliphatic carbocycles. The van der Waals surface area contributed by atoms with Crippen LogP contribution in [0.5, 0.6) is 0 Å². The molecule has 2 atom stereocenters. The molecular formula is C12H18F3N5O3. The Kier molecular flexibility index (Phi) is 5.70. The normalized spacial score (nSPS) is 22.1. The van der Waals surface area contributed by atoms with Crippen molar-refractivity contribution in [3.8, 4) is 0 Å². The summed E-state index contributed by atoms with van der Waals surface area (Å²) in [5.74, 6) is -2.04. The van der Waals surface area contributed by atoms with E-state index in [9.17, 15) is 22.8 Å². The standard InChI is InChI=1S/C12H18F3N5O3/c1-11(2,3)23-10(22)17-7-4-8(18-19-16)6-20(5-7)9(21)12(13,14)15/h7-8H,4-6H2,1-3H3,(H,17,22)/t7-,8-/m0/s1. The van der Waals surface area contributed by atoms with Gasteiger partial charge in [0.05, 0.1) is 12.1 Å². The smallest absolute Gasteiger partial charge is 0.444 e. The average Bonchev–Trinajstić information content (AvgIpc) is 2.34. The molecule has 1 rings (SSSR count). The topological polar surface area (TPSA) is 107 Å². The first-order valence-electron chi connectivity index (χ1n) is 6.82. The number of hydrogen-bond acceptors (Lipinski definition) is 4. The minimum Gasteiger partial charge on any atom is -0.444 e. The summed E-state index contributed by atoms with van der Waals surface area (Å²) in [7, 11) is 0. The fourth-order valence-electron chi connectivity index (χ4n) is 2.15. The molecule has 1 aliphatic rings. The molecule has 1 heterocycles. The van der Waals surface area contributed by atoms with Gasteiger partial charge < -0.3 is 15.0 Å². The molecule has 2 amide bonds. The molecule has 23 heavy (non-hydrogen) atoms. The van der Waals surface area contributed by atoms with Crippen LogP contribution in [0.25, 0.3) is 10.4 Å². The highest BCUT2D eigenvalue weighted by Crippen LogP contribution is 2.23. The van der Waals surface area contributed by atoms with E-state index in [-0.39, 0.29) is 19.5 Å². The van der Waals surface area contributed by atoms with Gasteiger partial charge in [0.2, 0.25) is 0 Å². The van der Waals surface area contributed by atoms with Crippen LogP contribution in [0.4, 0.5) is 18.0 Å². The van der Waals surface area contributed by atoms with Gasteiger partial charge >= 0.3 is 18.2 Å². The van der Waals surface area contributed by atoms with Crippen LogP contribution < -0.4 is 5.32 Å². The van der Waals surface area contributed by atoms with Crippen molar-refractivity contribution in [2.24, 2.45) is 5.11 Å². The van der Waals surface area contributed by atoms with E-state index in [0.29, 0.717) is 4.90 Å². The highest BCUT2D eigenvalue weighted by atomic mass is 19.4. The zero-order chi connectivity index (χ0) is 17.8. The second-order valence-corrected chi connectivity index (χ2v) is 6.15. The Morgan fingerprint density at radius 3 is 2.39 bits per heavy atom. The second-order valence-electron chi connectivity index (χ2n) is 6.15. The summed E-state index contributed by atoms with van der Waals surface area (Å²) in [5.41, 5.74) is 7.67. The van der Waals surface area contributed by atoms with Gasteiger partial charge in [-0.1, -0.05) is 5.11 Å². The third-order valence-electron chi connectivity index (χ3n) is 2.89. The van der Waals surface area contributed by atoms with Crippen LogP contribution in [0.2, 0.25) is 0 Å². The maximum absolute atomic E-state index is 12.6. The quantitative estimate of drug-likeness (QED) is 0.474. The highest BCUT2D eigenvalue weighted by Gasteiger charge is 2.45. The summed E-state index contributed by atoms with van der Waals surface area (Å²) in [6, 6.07) is -1.67. The lowest BCUT2D eigenvalue weighted by Gasteiger charge is -2.36. The molecule has 1 fully saturated rings. The van der Waals surface area contributed by atoms with Crippen LogP contribution in [0.3, 0.4) is 0 Å². The van der Waals surface area contributed by atoms with Crippen molar-refractivity contribution < 1.29 is 27.5 Å². The molecule has 0 aromatic carbocycles. The van der Waals surface area contributed by atoms with Crippen molar-refractivity contribution >= 4 is 12.0 Å². The molecule has 130 valence electrons. The van der Waals surface area contributed by atoms with E-state index >= 15 is 0 Å². The number of nitrogens with zero attached hydrogens (tertiary/aromatic N) is 4. The molecule has 11 heteroatoms. The fourth-order valence-corrected chi connectivity index (χ4v) is 2.15. The fraction of sp³-hybridized carbons (Fsp3) is 0.833. The largest absolute Gasteiger partial charge is 0.471 e. The predicted molar refractivity (Wildman–Crippen MR) is 73.3 cm³/mol. The number of rotatable bonds is 2. The Bertz CT molecular complexity index is 511. The molecule has 0 unspecified atom stereocenters. The number of ether oxygens (including phenoxy) is 1. The van der Waals surface area contributed by atoms with E-state index < -0.39 is 35.9 Å². The van der Waals surface area contributed by atoms with Gasteiger partial charge in [0.15, 0.2) is 0 Å². The molecule has 0 aromatic rings. The van der Waals surface area contributed by atoms with Gasteiger partial charge in [-0.15, -0.1) is 0 Å². The van der Waals surface area contributed by atoms with E-state index in [4.69, 9.17) is 10.3 Å². The molecule has 0 bridgehead atoms. The lowest BCUT2D eigenvalue weighted by atomic mass is 10.0. The van der Waals surface area contributed by atoms with E-state index in [0.717, 1.165) is 0 Å². The van der Waals surface area contributed by atoms with Crippen LogP contribution in [0.1, 0.15) is 27.2 Å². The van der Waals surface area contributed by atoms with Gasteiger partial charge in [0.1, 0.15) is 5.60 Å². The van der Waals surface area contributed by atoms with Crippen molar-refractivity contribution in [2.45, 2.75) is 51.1 Å². The van der Waals surface area contributed by atoms with E-state index in [1.54, 1.807) is 20.8 Å². The Morgan fingerprint density at radius 2 is 1.91 bits per heavy atom. The Morgan fingerprint density at radius 1 is 1.30 bits per heavy atom. The summed E-state index contributed by atoms with van der Waals surface area (Å²) in [6.45, 7) is 4.21. The van der Waals surface area contributed by atoms with Crippen LogP contribution in [-0.4, -0.2) is 53.9 Å². The average molecular weight is 337 g/mol. The summed E-state index contributed by atoms with van der Waals surface area (Å²) >= 11 is 0. The number of nitrogens with one attached hydrogen (secondary N) is 1. The molecule has 1 N–H and O–H groups in total. The lowest BCUT2D eigenvalue weighted by molar-refractivity contribution is -0.186. The number of halogens is 3. The van der Waals surface area contributed by atoms with Gasteiger partial charge in [-0.25, -0.2) is 4.79 Å². The zero-order valence-electron chi connectivity index (χ0n) is 12.9. The first-order valence-corrected chi connectivity index (χ1v) is 6.82. The van der Waals surface area contributed by atoms with Gasteiger partial charge in [0.25, 0.3) is 0 Å². The number of alkyl halides is 3. The molecule has 0 spiro atoms. The number of piperidine rings is 1. The van der Waals surface area contributed by atoms with Gasteiger partial charge in [-0.3, -0.25) is 4.79 Å². The van der Waals surface area contributed by atoms with Gasteiger partial charge in [-0.05, 0) is 32.7 Å². The first-order chi connectivity index (χ1) is 10.4. The number of alkyl carbamates (subject to hydrolysis) is 1. The molecule has 1 saturated heterocycles. The monoisotopic (exact) mass is 337 g/mol. The number of likely N-dealkylation sites (tertiary alicyclic amines) is 1. The van der Waals surface area contributed by atoms with Gasteiger partial charge in [-0.2, -0.15) is 13.2 Å². The predicted octanol–water partition coefficient (Wildman–Crippen LogP) is 2.35. The van der Waals surface area contributed by atoms with E-state index in [1.165, 1.54) is 0 Å². The van der Waals surface area contributed by atoms with Crippen LogP contribution in [0, 0.1) is 0 Å². The second kappa shape index (κ2) is 6.95. The minimum absolute atomic E-state index is 0.116. The summed E-state index contributed by atoms with van der Waals surface area (Å²) in [5, 5.41) is 5.75. The zero-order valence-corrected chi connectivity index (χ0v) is 12.9. The van der Waals surface area contributed by atoms with E-state index in [1.807, 2.05) is 0 Å². The maximum atomic E-state index is 12.6. The number of carbonyl (C=O) groups excluding carboxylic acids is 2. The van der Waals surface area contributed by atoms with Crippen LogP contribution in [0.15, 0.2) is 5.11 Å². The molecule has 0 saturated carbocycles. The lowest BCUT2D eigenvalue weighted by Crippen LogP contribution is -2.56. The molecule has 1 aliphatic heterocycles. The maximum Gasteiger partial charge on any atom is 0.471 e. The summed E-state index contributed by atoms with van der Waals surface area (Å²) in [6.07, 6.45) is -5.73. The van der Waals surface area contributed by atoms with Crippen LogP contribution >= 0.6 is 0 Å². The molecule has 8 nitrogen and oxygen atoms in total.